The Hall–Kier alpha value is -0.160. The van der Waals surface area contributed by atoms with Gasteiger partial charge >= 0.3 is 0 Å². The second-order valence-corrected chi connectivity index (χ2v) is 7.07. The third-order valence-corrected chi connectivity index (χ3v) is 4.76. The summed E-state index contributed by atoms with van der Waals surface area (Å²) >= 11 is 0. The summed E-state index contributed by atoms with van der Waals surface area (Å²) in [5, 5.41) is 33.2. The van der Waals surface area contributed by atoms with Crippen LogP contribution in [-0.2, 0) is 0 Å². The Balaban J connectivity index is 1.98. The lowest BCUT2D eigenvalue weighted by Gasteiger charge is -2.34. The molecular formula is C15H29NO3. The van der Waals surface area contributed by atoms with Crippen molar-refractivity contribution in [3.05, 3.63) is 0 Å². The fourth-order valence-corrected chi connectivity index (χ4v) is 3.75. The molecular weight excluding hydrogens is 242 g/mol. The molecule has 0 radical (unpaired) electrons. The molecule has 4 atom stereocenters. The highest BCUT2D eigenvalue weighted by atomic mass is 16.3. The van der Waals surface area contributed by atoms with Crippen molar-refractivity contribution < 1.29 is 15.3 Å². The predicted molar refractivity (Wildman–Crippen MR) is 74.8 cm³/mol. The lowest BCUT2D eigenvalue weighted by molar-refractivity contribution is 0.0190. The van der Waals surface area contributed by atoms with Crippen LogP contribution in [0.3, 0.4) is 0 Å². The highest BCUT2D eigenvalue weighted by Crippen LogP contribution is 2.39. The van der Waals surface area contributed by atoms with E-state index >= 15 is 0 Å². The second kappa shape index (κ2) is 6.08. The Morgan fingerprint density at radius 3 is 2.32 bits per heavy atom. The Labute approximate surface area is 116 Å². The third-order valence-electron chi connectivity index (χ3n) is 4.76. The molecule has 0 aromatic rings. The smallest absolute Gasteiger partial charge is 0.0954 e. The van der Waals surface area contributed by atoms with Crippen LogP contribution in [0, 0.1) is 11.8 Å². The zero-order chi connectivity index (χ0) is 14.0. The molecule has 0 bridgehead atoms. The quantitative estimate of drug-likeness (QED) is 0.616. The van der Waals surface area contributed by atoms with E-state index in [-0.39, 0.29) is 6.04 Å². The fraction of sp³-hybridized carbons (Fsp3) is 1.00. The average molecular weight is 271 g/mol. The Kier molecular flexibility index (Phi) is 4.88. The number of rotatable bonds is 4. The van der Waals surface area contributed by atoms with Crippen molar-refractivity contribution in [1.29, 1.82) is 0 Å². The van der Waals surface area contributed by atoms with Crippen molar-refractivity contribution >= 4 is 0 Å². The maximum absolute atomic E-state index is 10.2. The minimum atomic E-state index is -0.787. The standard InChI is InChI=1S/C15H29NO3/c1-15(2,19)9-16-13-11(8-12(17)14(13)18)10-6-4-3-5-7-10/h10-14,16-19H,3-9H2,1-2H3/t11-,12-,13-,14-/m1/s1. The zero-order valence-corrected chi connectivity index (χ0v) is 12.2. The van der Waals surface area contributed by atoms with Gasteiger partial charge in [-0.25, -0.2) is 0 Å². The number of aliphatic hydroxyl groups is 3. The van der Waals surface area contributed by atoms with Crippen molar-refractivity contribution in [1.82, 2.24) is 5.32 Å². The average Bonchev–Trinajstić information content (AvgIpc) is 2.64. The van der Waals surface area contributed by atoms with E-state index in [9.17, 15) is 15.3 Å². The summed E-state index contributed by atoms with van der Waals surface area (Å²) in [7, 11) is 0. The molecule has 2 fully saturated rings. The molecule has 0 saturated heterocycles. The molecule has 0 aliphatic heterocycles. The lowest BCUT2D eigenvalue weighted by atomic mass is 9.77. The van der Waals surface area contributed by atoms with E-state index in [4.69, 9.17) is 0 Å². The van der Waals surface area contributed by atoms with Gasteiger partial charge in [0.15, 0.2) is 0 Å². The molecule has 0 unspecified atom stereocenters. The summed E-state index contributed by atoms with van der Waals surface area (Å²) in [4.78, 5) is 0. The van der Waals surface area contributed by atoms with Crippen molar-refractivity contribution in [3.8, 4) is 0 Å². The molecule has 4 heteroatoms. The summed E-state index contributed by atoms with van der Waals surface area (Å²) in [6.07, 6.45) is 5.65. The van der Waals surface area contributed by atoms with E-state index in [1.165, 1.54) is 32.1 Å². The summed E-state index contributed by atoms with van der Waals surface area (Å²) in [6, 6.07) is -0.0791. The van der Waals surface area contributed by atoms with Gasteiger partial charge in [0.1, 0.15) is 0 Å². The van der Waals surface area contributed by atoms with Gasteiger partial charge in [0.25, 0.3) is 0 Å². The van der Waals surface area contributed by atoms with Crippen LogP contribution in [-0.4, -0.2) is 45.7 Å². The summed E-state index contributed by atoms with van der Waals surface area (Å²) in [6.45, 7) is 3.96. The van der Waals surface area contributed by atoms with Gasteiger partial charge in [0.05, 0.1) is 17.8 Å². The van der Waals surface area contributed by atoms with Gasteiger partial charge < -0.3 is 20.6 Å². The first-order valence-corrected chi connectivity index (χ1v) is 7.70. The number of nitrogens with one attached hydrogen (secondary N) is 1. The van der Waals surface area contributed by atoms with Crippen molar-refractivity contribution in [3.63, 3.8) is 0 Å². The molecule has 0 aromatic heterocycles. The van der Waals surface area contributed by atoms with E-state index in [0.717, 1.165) is 0 Å². The van der Waals surface area contributed by atoms with E-state index in [0.29, 0.717) is 24.8 Å². The highest BCUT2D eigenvalue weighted by Gasteiger charge is 2.45. The zero-order valence-electron chi connectivity index (χ0n) is 12.2. The molecule has 2 aliphatic rings. The second-order valence-electron chi connectivity index (χ2n) is 7.07. The first kappa shape index (κ1) is 15.2. The maximum atomic E-state index is 10.2. The minimum Gasteiger partial charge on any atom is -0.390 e. The van der Waals surface area contributed by atoms with Gasteiger partial charge in [-0.1, -0.05) is 32.1 Å². The van der Waals surface area contributed by atoms with Crippen LogP contribution < -0.4 is 5.32 Å². The van der Waals surface area contributed by atoms with Gasteiger partial charge in [-0.3, -0.25) is 0 Å². The first-order chi connectivity index (χ1) is 8.88. The van der Waals surface area contributed by atoms with Crippen LogP contribution in [0.4, 0.5) is 0 Å². The number of aliphatic hydroxyl groups excluding tert-OH is 2. The summed E-state index contributed by atoms with van der Waals surface area (Å²) in [5.74, 6) is 0.951. The first-order valence-electron chi connectivity index (χ1n) is 7.70. The van der Waals surface area contributed by atoms with Gasteiger partial charge in [0, 0.05) is 12.6 Å². The van der Waals surface area contributed by atoms with Crippen molar-refractivity contribution in [2.45, 2.75) is 76.2 Å². The van der Waals surface area contributed by atoms with E-state index in [1.807, 2.05) is 0 Å². The fourth-order valence-electron chi connectivity index (χ4n) is 3.75. The molecule has 112 valence electrons. The Morgan fingerprint density at radius 2 is 1.74 bits per heavy atom. The molecule has 0 spiro atoms. The molecule has 2 rings (SSSR count). The van der Waals surface area contributed by atoms with Crippen LogP contribution in [0.2, 0.25) is 0 Å². The molecule has 0 heterocycles. The molecule has 19 heavy (non-hydrogen) atoms. The maximum Gasteiger partial charge on any atom is 0.0954 e. The topological polar surface area (TPSA) is 72.7 Å². The normalized spacial score (nSPS) is 37.7. The monoisotopic (exact) mass is 271 g/mol. The highest BCUT2D eigenvalue weighted by molar-refractivity contribution is 4.99. The Bertz CT molecular complexity index is 284. The van der Waals surface area contributed by atoms with Crippen molar-refractivity contribution in [2.75, 3.05) is 6.54 Å². The summed E-state index contributed by atoms with van der Waals surface area (Å²) in [5.41, 5.74) is -0.787. The van der Waals surface area contributed by atoms with E-state index in [2.05, 4.69) is 5.32 Å². The largest absolute Gasteiger partial charge is 0.390 e. The lowest BCUT2D eigenvalue weighted by Crippen LogP contribution is -2.49. The Morgan fingerprint density at radius 1 is 1.11 bits per heavy atom. The predicted octanol–water partition coefficient (Wildman–Crippen LogP) is 1.04. The molecule has 2 aliphatic carbocycles. The van der Waals surface area contributed by atoms with Gasteiger partial charge in [-0.15, -0.1) is 0 Å². The molecule has 0 aromatic carbocycles. The number of hydrogen-bond acceptors (Lipinski definition) is 4. The van der Waals surface area contributed by atoms with Crippen LogP contribution in [0.1, 0.15) is 52.4 Å². The SMILES string of the molecule is CC(C)(O)CN[C@H]1[C@H](O)[C@H](O)C[C@@H]1C1CCCCC1. The third kappa shape index (κ3) is 3.91. The van der Waals surface area contributed by atoms with Crippen LogP contribution >= 0.6 is 0 Å². The van der Waals surface area contributed by atoms with Crippen LogP contribution in [0.15, 0.2) is 0 Å². The van der Waals surface area contributed by atoms with Crippen LogP contribution in [0.5, 0.6) is 0 Å². The number of hydrogen-bond donors (Lipinski definition) is 4. The van der Waals surface area contributed by atoms with Gasteiger partial charge in [-0.2, -0.15) is 0 Å². The minimum absolute atomic E-state index is 0.0791. The van der Waals surface area contributed by atoms with Crippen LogP contribution in [0.25, 0.3) is 0 Å². The molecule has 4 nitrogen and oxygen atoms in total. The summed E-state index contributed by atoms with van der Waals surface area (Å²) < 4.78 is 0. The van der Waals surface area contributed by atoms with Gasteiger partial charge in [-0.05, 0) is 32.1 Å². The van der Waals surface area contributed by atoms with E-state index < -0.39 is 17.8 Å². The van der Waals surface area contributed by atoms with Crippen molar-refractivity contribution in [2.24, 2.45) is 11.8 Å². The van der Waals surface area contributed by atoms with Gasteiger partial charge in [0.2, 0.25) is 0 Å². The molecule has 4 N–H and O–H groups in total. The molecule has 2 saturated carbocycles. The molecule has 0 amide bonds. The van der Waals surface area contributed by atoms with E-state index in [1.54, 1.807) is 13.8 Å².